The van der Waals surface area contributed by atoms with Crippen LogP contribution in [0, 0.1) is 0 Å². The lowest BCUT2D eigenvalue weighted by atomic mass is 9.80. The summed E-state index contributed by atoms with van der Waals surface area (Å²) in [7, 11) is 0. The van der Waals surface area contributed by atoms with E-state index in [0.717, 1.165) is 24.2 Å². The second-order valence-electron chi connectivity index (χ2n) is 6.41. The molecule has 2 fully saturated rings. The van der Waals surface area contributed by atoms with Crippen molar-refractivity contribution in [3.05, 3.63) is 29.8 Å². The first-order chi connectivity index (χ1) is 9.57. The maximum atomic E-state index is 11.2. The average molecular weight is 292 g/mol. The number of benzene rings is 1. The minimum absolute atomic E-state index is 0.136. The highest BCUT2D eigenvalue weighted by atomic mass is 32.2. The Morgan fingerprint density at radius 2 is 1.85 bits per heavy atom. The first kappa shape index (κ1) is 14.3. The van der Waals surface area contributed by atoms with Gasteiger partial charge < -0.3 is 9.84 Å². The molecule has 2 atom stereocenters. The molecular weight excluding hydrogens is 268 g/mol. The second kappa shape index (κ2) is 5.61. The minimum atomic E-state index is -0.702. The minimum Gasteiger partial charge on any atom is -0.491 e. The molecule has 0 amide bonds. The third-order valence-electron chi connectivity index (χ3n) is 4.32. The number of hydrogen-bond donors (Lipinski definition) is 1. The van der Waals surface area contributed by atoms with E-state index in [4.69, 9.17) is 4.74 Å². The van der Waals surface area contributed by atoms with Gasteiger partial charge in [-0.05, 0) is 45.6 Å². The third-order valence-corrected chi connectivity index (χ3v) is 5.89. The Hall–Kier alpha value is -0.670. The van der Waals surface area contributed by atoms with Gasteiger partial charge in [0.1, 0.15) is 5.75 Å². The molecule has 0 spiro atoms. The quantitative estimate of drug-likeness (QED) is 0.909. The van der Waals surface area contributed by atoms with Gasteiger partial charge >= 0.3 is 0 Å². The van der Waals surface area contributed by atoms with Gasteiger partial charge in [0.25, 0.3) is 0 Å². The highest BCUT2D eigenvalue weighted by Crippen LogP contribution is 2.51. The lowest BCUT2D eigenvalue weighted by molar-refractivity contribution is 0.00490. The van der Waals surface area contributed by atoms with E-state index < -0.39 is 5.60 Å². The molecule has 2 aliphatic rings. The summed E-state index contributed by atoms with van der Waals surface area (Å²) in [5, 5.41) is 12.5. The summed E-state index contributed by atoms with van der Waals surface area (Å²) >= 11 is 2.09. The fraction of sp³-hybridized carbons (Fsp3) is 0.647. The summed E-state index contributed by atoms with van der Waals surface area (Å²) in [4.78, 5) is 0. The molecule has 2 unspecified atom stereocenters. The van der Waals surface area contributed by atoms with E-state index >= 15 is 0 Å². The number of hydrogen-bond acceptors (Lipinski definition) is 3. The standard InChI is InChI=1S/C17H24O2S/c1-12(2)19-16-9-4-3-8-15(16)17(18)10-13-6-5-7-14(11-17)20-13/h3-4,8-9,12-14,18H,5-7,10-11H2,1-2H3. The Bertz CT molecular complexity index is 460. The number of rotatable bonds is 3. The van der Waals surface area contributed by atoms with E-state index in [2.05, 4.69) is 11.8 Å². The maximum Gasteiger partial charge on any atom is 0.125 e. The van der Waals surface area contributed by atoms with Gasteiger partial charge in [-0.3, -0.25) is 0 Å². The van der Waals surface area contributed by atoms with Crippen LogP contribution in [-0.4, -0.2) is 21.7 Å². The van der Waals surface area contributed by atoms with E-state index in [0.29, 0.717) is 10.5 Å². The zero-order chi connectivity index (χ0) is 14.2. The molecule has 2 nitrogen and oxygen atoms in total. The van der Waals surface area contributed by atoms with Crippen LogP contribution in [0.3, 0.4) is 0 Å². The summed E-state index contributed by atoms with van der Waals surface area (Å²) in [6.45, 7) is 4.07. The van der Waals surface area contributed by atoms with E-state index in [9.17, 15) is 5.11 Å². The van der Waals surface area contributed by atoms with Crippen molar-refractivity contribution in [2.75, 3.05) is 0 Å². The summed E-state index contributed by atoms with van der Waals surface area (Å²) in [5.74, 6) is 0.856. The monoisotopic (exact) mass is 292 g/mol. The Balaban J connectivity index is 1.91. The Labute approximate surface area is 125 Å². The highest BCUT2D eigenvalue weighted by molar-refractivity contribution is 8.00. The Kier molecular flexibility index (Phi) is 4.00. The molecule has 1 N–H and O–H groups in total. The molecule has 0 aliphatic carbocycles. The van der Waals surface area contributed by atoms with Crippen LogP contribution in [0.2, 0.25) is 0 Å². The van der Waals surface area contributed by atoms with Crippen LogP contribution in [0.1, 0.15) is 51.5 Å². The fourth-order valence-electron chi connectivity index (χ4n) is 3.55. The fourth-order valence-corrected chi connectivity index (χ4v) is 5.44. The number of para-hydroxylation sites is 1. The average Bonchev–Trinajstić information content (AvgIpc) is 2.37. The van der Waals surface area contributed by atoms with Crippen LogP contribution >= 0.6 is 11.8 Å². The molecule has 2 aliphatic heterocycles. The zero-order valence-corrected chi connectivity index (χ0v) is 13.2. The molecule has 0 saturated carbocycles. The molecular formula is C17H24O2S. The number of fused-ring (bicyclic) bond motifs is 2. The number of thioether (sulfide) groups is 1. The van der Waals surface area contributed by atoms with Crippen molar-refractivity contribution in [1.29, 1.82) is 0 Å². The molecule has 1 aromatic carbocycles. The predicted octanol–water partition coefficient (Wildman–Crippen LogP) is 4.11. The molecule has 0 radical (unpaired) electrons. The molecule has 20 heavy (non-hydrogen) atoms. The molecule has 2 bridgehead atoms. The largest absolute Gasteiger partial charge is 0.491 e. The van der Waals surface area contributed by atoms with Crippen LogP contribution in [0.25, 0.3) is 0 Å². The van der Waals surface area contributed by atoms with Crippen molar-refractivity contribution in [3.63, 3.8) is 0 Å². The van der Waals surface area contributed by atoms with Crippen molar-refractivity contribution >= 4 is 11.8 Å². The van der Waals surface area contributed by atoms with Crippen LogP contribution < -0.4 is 4.74 Å². The van der Waals surface area contributed by atoms with Gasteiger partial charge in [0, 0.05) is 16.1 Å². The molecule has 110 valence electrons. The normalized spacial score (nSPS) is 33.2. The lowest BCUT2D eigenvalue weighted by Gasteiger charge is -2.44. The maximum absolute atomic E-state index is 11.2. The first-order valence-electron chi connectivity index (χ1n) is 7.71. The van der Waals surface area contributed by atoms with Crippen LogP contribution in [0.5, 0.6) is 5.75 Å². The lowest BCUT2D eigenvalue weighted by Crippen LogP contribution is -2.40. The van der Waals surface area contributed by atoms with Crippen molar-refractivity contribution in [3.8, 4) is 5.75 Å². The van der Waals surface area contributed by atoms with Crippen molar-refractivity contribution in [2.45, 2.75) is 68.2 Å². The Morgan fingerprint density at radius 3 is 2.50 bits per heavy atom. The molecule has 3 heteroatoms. The van der Waals surface area contributed by atoms with Gasteiger partial charge in [-0.25, -0.2) is 0 Å². The molecule has 0 aromatic heterocycles. The van der Waals surface area contributed by atoms with Crippen LogP contribution in [-0.2, 0) is 5.60 Å². The number of ether oxygens (including phenoxy) is 1. The second-order valence-corrected chi connectivity index (χ2v) is 8.02. The molecule has 2 heterocycles. The van der Waals surface area contributed by atoms with Crippen LogP contribution in [0.4, 0.5) is 0 Å². The van der Waals surface area contributed by atoms with E-state index in [-0.39, 0.29) is 6.10 Å². The van der Waals surface area contributed by atoms with E-state index in [1.807, 2.05) is 38.1 Å². The SMILES string of the molecule is CC(C)Oc1ccccc1C1(O)CC2CCCC(C1)S2. The topological polar surface area (TPSA) is 29.5 Å². The summed E-state index contributed by atoms with van der Waals surface area (Å²) in [5.41, 5.74) is 0.290. The summed E-state index contributed by atoms with van der Waals surface area (Å²) in [6, 6.07) is 8.04. The van der Waals surface area contributed by atoms with Crippen molar-refractivity contribution < 1.29 is 9.84 Å². The van der Waals surface area contributed by atoms with Gasteiger partial charge in [0.2, 0.25) is 0 Å². The summed E-state index contributed by atoms with van der Waals surface area (Å²) < 4.78 is 5.92. The van der Waals surface area contributed by atoms with E-state index in [1.165, 1.54) is 19.3 Å². The Morgan fingerprint density at radius 1 is 1.20 bits per heavy atom. The molecule has 2 saturated heterocycles. The summed E-state index contributed by atoms with van der Waals surface area (Å²) in [6.07, 6.45) is 5.69. The van der Waals surface area contributed by atoms with E-state index in [1.54, 1.807) is 0 Å². The van der Waals surface area contributed by atoms with Crippen molar-refractivity contribution in [1.82, 2.24) is 0 Å². The zero-order valence-electron chi connectivity index (χ0n) is 12.3. The third kappa shape index (κ3) is 2.84. The van der Waals surface area contributed by atoms with Gasteiger partial charge in [-0.2, -0.15) is 11.8 Å². The molecule has 3 rings (SSSR count). The van der Waals surface area contributed by atoms with Gasteiger partial charge in [0.05, 0.1) is 11.7 Å². The van der Waals surface area contributed by atoms with Gasteiger partial charge in [0.15, 0.2) is 0 Å². The van der Waals surface area contributed by atoms with Crippen LogP contribution in [0.15, 0.2) is 24.3 Å². The van der Waals surface area contributed by atoms with Crippen molar-refractivity contribution in [2.24, 2.45) is 0 Å². The van der Waals surface area contributed by atoms with Gasteiger partial charge in [-0.1, -0.05) is 24.6 Å². The smallest absolute Gasteiger partial charge is 0.125 e. The predicted molar refractivity (Wildman–Crippen MR) is 84.4 cm³/mol. The molecule has 1 aromatic rings. The number of aliphatic hydroxyl groups is 1. The first-order valence-corrected chi connectivity index (χ1v) is 8.65. The van der Waals surface area contributed by atoms with Gasteiger partial charge in [-0.15, -0.1) is 0 Å². The highest BCUT2D eigenvalue weighted by Gasteiger charge is 2.43.